The molecule has 1 aliphatic rings. The number of hydrogen-bond acceptors (Lipinski definition) is 17. The van der Waals surface area contributed by atoms with Crippen LogP contribution in [0.2, 0.25) is 0 Å². The Morgan fingerprint density at radius 3 is 1.57 bits per heavy atom. The number of guanidine groups is 3. The first-order valence-electron chi connectivity index (χ1n) is 32.7. The molecule has 0 aliphatic carbocycles. The highest BCUT2D eigenvalue weighted by atomic mass is 16.3. The van der Waals surface area contributed by atoms with Gasteiger partial charge < -0.3 is 109 Å². The molecule has 2 aromatic carbocycles. The number of aliphatic imine (C=N–C) groups is 3. The predicted molar refractivity (Wildman–Crippen MR) is 365 cm³/mol. The molecular formula is C63H104N22O12. The highest BCUT2D eigenvalue weighted by molar-refractivity contribution is 5.99. The van der Waals surface area contributed by atoms with Crippen molar-refractivity contribution in [3.63, 3.8) is 0 Å². The second-order valence-electron chi connectivity index (χ2n) is 24.3. The van der Waals surface area contributed by atoms with Crippen LogP contribution >= 0.6 is 0 Å². The third kappa shape index (κ3) is 31.1. The molecule has 97 heavy (non-hydrogen) atoms. The number of benzene rings is 2. The molecule has 0 aromatic heterocycles. The van der Waals surface area contributed by atoms with E-state index in [9.17, 15) is 57.8 Å². The fourth-order valence-electron chi connectivity index (χ4n) is 10.4. The summed E-state index contributed by atoms with van der Waals surface area (Å²) in [6.45, 7) is 6.46. The van der Waals surface area contributed by atoms with Crippen LogP contribution in [0.25, 0.3) is 0 Å². The molecule has 1 saturated heterocycles. The van der Waals surface area contributed by atoms with E-state index in [1.807, 2.05) is 0 Å². The van der Waals surface area contributed by atoms with Crippen LogP contribution in [0.15, 0.2) is 69.6 Å². The SMILES string of the molecule is CC[C@H](C)[C@H](NC(=O)[C@H](CCCN=C(N)N)NC(=O)[C@H](CCCN=C(N)N)NC(=O)[C@@H](CC(C)C)NC(=O)[C@H](Cc1ccccc1)NC(=O)CNC(=O)CNC(=O)[C@@H](N)Cc1ccc(O)cc1)C(=O)N[C@@H](CCCN=C(N)N)C(=O)N1CCC[C@H]1C(=O)N[C@@H](CCCCN)C(N)=O. The van der Waals surface area contributed by atoms with Crippen molar-refractivity contribution in [3.8, 4) is 5.75 Å². The van der Waals surface area contributed by atoms with Crippen molar-refractivity contribution in [1.82, 2.24) is 52.8 Å². The Kier molecular flexibility index (Phi) is 36.3. The van der Waals surface area contributed by atoms with E-state index < -0.39 is 138 Å². The highest BCUT2D eigenvalue weighted by Crippen LogP contribution is 2.22. The second-order valence-corrected chi connectivity index (χ2v) is 24.3. The molecular weight excluding hydrogens is 1260 g/mol. The van der Waals surface area contributed by atoms with Crippen LogP contribution in [0.3, 0.4) is 0 Å². The van der Waals surface area contributed by atoms with E-state index in [0.717, 1.165) is 0 Å². The number of rotatable bonds is 44. The van der Waals surface area contributed by atoms with Gasteiger partial charge in [-0.05, 0) is 125 Å². The molecule has 34 nitrogen and oxygen atoms in total. The lowest BCUT2D eigenvalue weighted by Gasteiger charge is -2.32. The van der Waals surface area contributed by atoms with Crippen molar-refractivity contribution >= 4 is 82.9 Å². The smallest absolute Gasteiger partial charge is 0.245 e. The summed E-state index contributed by atoms with van der Waals surface area (Å²) in [4.78, 5) is 166. The summed E-state index contributed by atoms with van der Waals surface area (Å²) in [5.41, 5.74) is 52.2. The van der Waals surface area contributed by atoms with Crippen LogP contribution in [0.1, 0.15) is 122 Å². The Morgan fingerprint density at radius 1 is 0.536 bits per heavy atom. The average Bonchev–Trinajstić information content (AvgIpc) is 1.71. The molecule has 1 heterocycles. The van der Waals surface area contributed by atoms with Gasteiger partial charge in [-0.15, -0.1) is 0 Å². The first-order valence-corrected chi connectivity index (χ1v) is 32.7. The summed E-state index contributed by atoms with van der Waals surface area (Å²) < 4.78 is 0. The molecule has 1 aliphatic heterocycles. The number of likely N-dealkylation sites (tertiary alicyclic amines) is 1. The number of primary amides is 1. The van der Waals surface area contributed by atoms with Gasteiger partial charge >= 0.3 is 0 Å². The van der Waals surface area contributed by atoms with Gasteiger partial charge in [-0.25, -0.2) is 0 Å². The van der Waals surface area contributed by atoms with Crippen molar-refractivity contribution in [3.05, 3.63) is 65.7 Å². The molecule has 2 aromatic rings. The molecule has 28 N–H and O–H groups in total. The number of nitrogens with one attached hydrogen (secondary N) is 9. The maximum absolute atomic E-state index is 14.8. The maximum Gasteiger partial charge on any atom is 0.245 e. The third-order valence-electron chi connectivity index (χ3n) is 15.8. The summed E-state index contributed by atoms with van der Waals surface area (Å²) in [5, 5.41) is 33.4. The number of aromatic hydroxyl groups is 1. The molecule has 538 valence electrons. The van der Waals surface area contributed by atoms with Crippen molar-refractivity contribution in [2.75, 3.05) is 45.8 Å². The summed E-state index contributed by atoms with van der Waals surface area (Å²) in [6, 6.07) is 3.47. The maximum atomic E-state index is 14.8. The van der Waals surface area contributed by atoms with E-state index in [4.69, 9.17) is 51.6 Å². The highest BCUT2D eigenvalue weighted by Gasteiger charge is 2.41. The van der Waals surface area contributed by atoms with Crippen LogP contribution in [-0.2, 0) is 65.6 Å². The fraction of sp³-hybridized carbons (Fsp3) is 0.587. The Bertz CT molecular complexity index is 3000. The lowest BCUT2D eigenvalue weighted by molar-refractivity contribution is -0.142. The van der Waals surface area contributed by atoms with Gasteiger partial charge in [0.05, 0.1) is 19.1 Å². The topological polar surface area (TPSA) is 591 Å². The van der Waals surface area contributed by atoms with Gasteiger partial charge in [-0.3, -0.25) is 67.7 Å². The quantitative estimate of drug-likeness (QED) is 0.0168. The van der Waals surface area contributed by atoms with E-state index in [2.05, 4.69) is 62.8 Å². The number of carbonyl (C=O) groups excluding carboxylic acids is 11. The van der Waals surface area contributed by atoms with Gasteiger partial charge in [0.15, 0.2) is 17.9 Å². The summed E-state index contributed by atoms with van der Waals surface area (Å²) in [6.07, 6.45) is 2.52. The van der Waals surface area contributed by atoms with Crippen LogP contribution in [-0.4, -0.2) is 193 Å². The molecule has 0 unspecified atom stereocenters. The number of carbonyl (C=O) groups is 11. The Morgan fingerprint density at radius 2 is 1.03 bits per heavy atom. The molecule has 3 rings (SSSR count). The van der Waals surface area contributed by atoms with Crippen molar-refractivity contribution < 1.29 is 57.8 Å². The standard InChI is InChI=1S/C63H104N22O12/c1-5-37(4)51(59(96)82-45(20-13-29-75-63(71)72)60(97)85-30-14-21-48(85)58(95)79-42(52(66)89)17-9-10-26-64)84-55(92)44(19-12-28-74-62(69)70)80-54(91)43(18-11-27-73-61(67)68)81-56(93)46(31-36(2)3)83-57(94)47(33-38-15-7-6-8-16-38)78-50(88)35-76-49(87)34-77-53(90)41(65)32-39-22-24-40(86)25-23-39/h6-8,15-16,22-25,36-37,41-48,51,86H,5,9-14,17-21,26-35,64-65H2,1-4H3,(H2,66,89)(H,76,87)(H,77,90)(H,78,88)(H,79,95)(H,80,91)(H,81,93)(H,82,96)(H,83,94)(H,84,92)(H4,67,68,73)(H4,69,70,74)(H4,71,72,75)/t37-,41-,42-,43-,44-,45-,46+,47-,48-,51-/m0/s1. The molecule has 0 saturated carbocycles. The first-order chi connectivity index (χ1) is 46.0. The first kappa shape index (κ1) is 81.4. The fourth-order valence-corrected chi connectivity index (χ4v) is 10.4. The zero-order valence-electron chi connectivity index (χ0n) is 56.0. The van der Waals surface area contributed by atoms with Crippen molar-refractivity contribution in [1.29, 1.82) is 0 Å². The monoisotopic (exact) mass is 1360 g/mol. The minimum Gasteiger partial charge on any atom is -0.508 e. The number of phenols is 1. The van der Waals surface area contributed by atoms with Crippen molar-refractivity contribution in [2.45, 2.75) is 178 Å². The van der Waals surface area contributed by atoms with E-state index >= 15 is 0 Å². The van der Waals surface area contributed by atoms with Crippen LogP contribution in [0.4, 0.5) is 0 Å². The minimum atomic E-state index is -1.43. The van der Waals surface area contributed by atoms with Crippen molar-refractivity contribution in [2.24, 2.45) is 78.4 Å². The number of unbranched alkanes of at least 4 members (excludes halogenated alkanes) is 1. The normalized spacial score (nSPS) is 15.3. The summed E-state index contributed by atoms with van der Waals surface area (Å²) in [5.74, 6) is -9.84. The Balaban J connectivity index is 1.92. The van der Waals surface area contributed by atoms with Gasteiger partial charge in [0.2, 0.25) is 65.0 Å². The molecule has 34 heteroatoms. The molecule has 10 atom stereocenters. The largest absolute Gasteiger partial charge is 0.508 e. The summed E-state index contributed by atoms with van der Waals surface area (Å²) in [7, 11) is 0. The van der Waals surface area contributed by atoms with E-state index in [0.29, 0.717) is 43.4 Å². The van der Waals surface area contributed by atoms with Gasteiger partial charge in [0, 0.05) is 32.6 Å². The molecule has 0 bridgehead atoms. The van der Waals surface area contributed by atoms with Crippen LogP contribution in [0, 0.1) is 11.8 Å². The van der Waals surface area contributed by atoms with Crippen LogP contribution in [0.5, 0.6) is 5.75 Å². The van der Waals surface area contributed by atoms with Gasteiger partial charge in [-0.1, -0.05) is 76.6 Å². The lowest BCUT2D eigenvalue weighted by Crippen LogP contribution is -2.61. The van der Waals surface area contributed by atoms with E-state index in [1.165, 1.54) is 17.0 Å². The molecule has 0 spiro atoms. The summed E-state index contributed by atoms with van der Waals surface area (Å²) >= 11 is 0. The number of phenolic OH excluding ortho intramolecular Hbond substituents is 1. The van der Waals surface area contributed by atoms with Gasteiger partial charge in [0.25, 0.3) is 0 Å². The second kappa shape index (κ2) is 43.3. The van der Waals surface area contributed by atoms with Gasteiger partial charge in [-0.2, -0.15) is 0 Å². The Hall–Kier alpha value is -9.86. The molecule has 1 fully saturated rings. The van der Waals surface area contributed by atoms with Crippen LogP contribution < -0.4 is 99.5 Å². The zero-order chi connectivity index (χ0) is 72.1. The number of hydrogen-bond donors (Lipinski definition) is 19. The lowest BCUT2D eigenvalue weighted by atomic mass is 9.96. The third-order valence-corrected chi connectivity index (χ3v) is 15.8. The number of nitrogens with zero attached hydrogens (tertiary/aromatic N) is 4. The Labute approximate surface area is 565 Å². The molecule has 11 amide bonds. The van der Waals surface area contributed by atoms with Gasteiger partial charge in [0.1, 0.15) is 54.1 Å². The number of nitrogens with two attached hydrogens (primary N) is 9. The van der Waals surface area contributed by atoms with E-state index in [-0.39, 0.29) is 126 Å². The minimum absolute atomic E-state index is 0.00323. The molecule has 0 radical (unpaired) electrons. The zero-order valence-corrected chi connectivity index (χ0v) is 56.0. The average molecular weight is 1360 g/mol. The predicted octanol–water partition coefficient (Wildman–Crippen LogP) is -5.01. The number of amides is 11. The van der Waals surface area contributed by atoms with E-state index in [1.54, 1.807) is 70.2 Å².